The van der Waals surface area contributed by atoms with Crippen LogP contribution in [0.15, 0.2) is 18.2 Å². The highest BCUT2D eigenvalue weighted by Gasteiger charge is 2.21. The standard InChI is InChI=1S/C11H14FNO2/c1-7-5-8(12)3-4-9(7)10(6-13)11(14)15-2/h3-5,10H,6,13H2,1-2H3. The Bertz CT molecular complexity index is 366. The predicted octanol–water partition coefficient (Wildman–Crippen LogP) is 1.35. The van der Waals surface area contributed by atoms with Crippen molar-refractivity contribution in [2.45, 2.75) is 12.8 Å². The number of aryl methyl sites for hydroxylation is 1. The number of halogens is 1. The van der Waals surface area contributed by atoms with Crippen LogP contribution in [0.25, 0.3) is 0 Å². The van der Waals surface area contributed by atoms with Crippen molar-refractivity contribution in [2.24, 2.45) is 5.73 Å². The highest BCUT2D eigenvalue weighted by atomic mass is 19.1. The van der Waals surface area contributed by atoms with Crippen molar-refractivity contribution in [3.05, 3.63) is 35.1 Å². The van der Waals surface area contributed by atoms with Crippen molar-refractivity contribution in [3.63, 3.8) is 0 Å². The molecule has 1 aromatic carbocycles. The summed E-state index contributed by atoms with van der Waals surface area (Å²) in [6, 6.07) is 4.26. The third-order valence-electron chi connectivity index (χ3n) is 2.33. The number of hydrogen-bond acceptors (Lipinski definition) is 3. The normalized spacial score (nSPS) is 12.3. The van der Waals surface area contributed by atoms with Gasteiger partial charge in [-0.3, -0.25) is 4.79 Å². The molecule has 0 spiro atoms. The van der Waals surface area contributed by atoms with Gasteiger partial charge in [-0.15, -0.1) is 0 Å². The van der Waals surface area contributed by atoms with Gasteiger partial charge in [0.2, 0.25) is 0 Å². The number of esters is 1. The van der Waals surface area contributed by atoms with E-state index in [1.165, 1.54) is 19.2 Å². The Kier molecular flexibility index (Phi) is 3.80. The van der Waals surface area contributed by atoms with Crippen LogP contribution in [0.2, 0.25) is 0 Å². The first-order valence-electron chi connectivity index (χ1n) is 4.64. The zero-order valence-electron chi connectivity index (χ0n) is 8.79. The Morgan fingerprint density at radius 1 is 1.60 bits per heavy atom. The number of carbonyl (C=O) groups is 1. The molecule has 82 valence electrons. The van der Waals surface area contributed by atoms with E-state index in [-0.39, 0.29) is 12.4 Å². The van der Waals surface area contributed by atoms with E-state index in [9.17, 15) is 9.18 Å². The van der Waals surface area contributed by atoms with Crippen LogP contribution in [0.4, 0.5) is 4.39 Å². The fourth-order valence-corrected chi connectivity index (χ4v) is 1.52. The molecule has 0 fully saturated rings. The highest BCUT2D eigenvalue weighted by molar-refractivity contribution is 5.78. The number of ether oxygens (including phenoxy) is 1. The summed E-state index contributed by atoms with van der Waals surface area (Å²) in [7, 11) is 1.31. The second-order valence-corrected chi connectivity index (χ2v) is 3.31. The smallest absolute Gasteiger partial charge is 0.314 e. The second kappa shape index (κ2) is 4.89. The van der Waals surface area contributed by atoms with E-state index in [4.69, 9.17) is 5.73 Å². The minimum Gasteiger partial charge on any atom is -0.469 e. The Balaban J connectivity index is 3.07. The monoisotopic (exact) mass is 211 g/mol. The van der Waals surface area contributed by atoms with Gasteiger partial charge in [-0.25, -0.2) is 4.39 Å². The molecule has 0 saturated carbocycles. The molecule has 1 rings (SSSR count). The Hall–Kier alpha value is -1.42. The number of hydrogen-bond donors (Lipinski definition) is 1. The Labute approximate surface area is 88.0 Å². The quantitative estimate of drug-likeness (QED) is 0.768. The minimum absolute atomic E-state index is 0.152. The topological polar surface area (TPSA) is 52.3 Å². The second-order valence-electron chi connectivity index (χ2n) is 3.31. The minimum atomic E-state index is -0.518. The van der Waals surface area contributed by atoms with Crippen LogP contribution in [0, 0.1) is 12.7 Å². The summed E-state index contributed by atoms with van der Waals surface area (Å²) in [6.07, 6.45) is 0. The lowest BCUT2D eigenvalue weighted by molar-refractivity contribution is -0.142. The van der Waals surface area contributed by atoms with E-state index < -0.39 is 11.9 Å². The summed E-state index contributed by atoms with van der Waals surface area (Å²) in [5.41, 5.74) is 6.91. The van der Waals surface area contributed by atoms with Crippen LogP contribution in [0.3, 0.4) is 0 Å². The van der Waals surface area contributed by atoms with E-state index in [2.05, 4.69) is 4.74 Å². The summed E-state index contributed by atoms with van der Waals surface area (Å²) in [5.74, 6) is -1.24. The molecule has 15 heavy (non-hydrogen) atoms. The number of benzene rings is 1. The molecule has 0 aliphatic carbocycles. The van der Waals surface area contributed by atoms with Gasteiger partial charge >= 0.3 is 5.97 Å². The van der Waals surface area contributed by atoms with Crippen molar-refractivity contribution in [3.8, 4) is 0 Å². The number of rotatable bonds is 3. The van der Waals surface area contributed by atoms with Crippen LogP contribution in [0.5, 0.6) is 0 Å². The lowest BCUT2D eigenvalue weighted by Gasteiger charge is -2.14. The van der Waals surface area contributed by atoms with Gasteiger partial charge in [0.1, 0.15) is 5.82 Å². The van der Waals surface area contributed by atoms with Crippen molar-refractivity contribution >= 4 is 5.97 Å². The average Bonchev–Trinajstić information content (AvgIpc) is 2.21. The van der Waals surface area contributed by atoms with E-state index in [0.29, 0.717) is 11.1 Å². The molecule has 0 heterocycles. The zero-order valence-corrected chi connectivity index (χ0v) is 8.79. The van der Waals surface area contributed by atoms with E-state index in [1.807, 2.05) is 0 Å². The maximum absolute atomic E-state index is 12.9. The predicted molar refractivity (Wildman–Crippen MR) is 54.9 cm³/mol. The molecule has 0 aliphatic heterocycles. The summed E-state index contributed by atoms with van der Waals surface area (Å²) < 4.78 is 17.5. The molecule has 1 aromatic rings. The van der Waals surface area contributed by atoms with Gasteiger partial charge in [-0.05, 0) is 30.2 Å². The average molecular weight is 211 g/mol. The first-order valence-corrected chi connectivity index (χ1v) is 4.64. The third-order valence-corrected chi connectivity index (χ3v) is 2.33. The fraction of sp³-hybridized carbons (Fsp3) is 0.364. The Morgan fingerprint density at radius 3 is 2.73 bits per heavy atom. The fourth-order valence-electron chi connectivity index (χ4n) is 1.52. The van der Waals surface area contributed by atoms with E-state index in [0.717, 1.165) is 0 Å². The summed E-state index contributed by atoms with van der Waals surface area (Å²) in [5, 5.41) is 0. The summed E-state index contributed by atoms with van der Waals surface area (Å²) in [6.45, 7) is 1.89. The third kappa shape index (κ3) is 2.53. The SMILES string of the molecule is COC(=O)C(CN)c1ccc(F)cc1C. The summed E-state index contributed by atoms with van der Waals surface area (Å²) in [4.78, 5) is 11.4. The van der Waals surface area contributed by atoms with Gasteiger partial charge < -0.3 is 10.5 Å². The van der Waals surface area contributed by atoms with Crippen LogP contribution in [-0.2, 0) is 9.53 Å². The van der Waals surface area contributed by atoms with Gasteiger partial charge in [-0.2, -0.15) is 0 Å². The molecular formula is C11H14FNO2. The summed E-state index contributed by atoms with van der Waals surface area (Å²) >= 11 is 0. The number of nitrogens with two attached hydrogens (primary N) is 1. The molecule has 0 aliphatic rings. The van der Waals surface area contributed by atoms with E-state index in [1.54, 1.807) is 13.0 Å². The van der Waals surface area contributed by atoms with Crippen molar-refractivity contribution in [1.82, 2.24) is 0 Å². The van der Waals surface area contributed by atoms with Crippen molar-refractivity contribution in [1.29, 1.82) is 0 Å². The number of carbonyl (C=O) groups excluding carboxylic acids is 1. The molecule has 1 atom stereocenters. The van der Waals surface area contributed by atoms with E-state index >= 15 is 0 Å². The molecular weight excluding hydrogens is 197 g/mol. The molecule has 0 amide bonds. The molecule has 1 unspecified atom stereocenters. The molecule has 3 nitrogen and oxygen atoms in total. The maximum Gasteiger partial charge on any atom is 0.314 e. The largest absolute Gasteiger partial charge is 0.469 e. The van der Waals surface area contributed by atoms with Gasteiger partial charge in [0.05, 0.1) is 13.0 Å². The molecule has 0 bridgehead atoms. The van der Waals surface area contributed by atoms with Gasteiger partial charge in [0.25, 0.3) is 0 Å². The van der Waals surface area contributed by atoms with Gasteiger partial charge in [0, 0.05) is 6.54 Å². The highest BCUT2D eigenvalue weighted by Crippen LogP contribution is 2.21. The zero-order chi connectivity index (χ0) is 11.4. The number of methoxy groups -OCH3 is 1. The van der Waals surface area contributed by atoms with Gasteiger partial charge in [0.15, 0.2) is 0 Å². The lowest BCUT2D eigenvalue weighted by Crippen LogP contribution is -2.23. The first-order chi connectivity index (χ1) is 7.10. The molecule has 0 saturated heterocycles. The lowest BCUT2D eigenvalue weighted by atomic mass is 9.95. The molecule has 4 heteroatoms. The maximum atomic E-state index is 12.9. The van der Waals surface area contributed by atoms with Crippen LogP contribution in [-0.4, -0.2) is 19.6 Å². The van der Waals surface area contributed by atoms with Crippen LogP contribution in [0.1, 0.15) is 17.0 Å². The first kappa shape index (κ1) is 11.7. The molecule has 0 aromatic heterocycles. The Morgan fingerprint density at radius 2 is 2.27 bits per heavy atom. The van der Waals surface area contributed by atoms with Crippen molar-refractivity contribution in [2.75, 3.05) is 13.7 Å². The van der Waals surface area contributed by atoms with Gasteiger partial charge in [-0.1, -0.05) is 6.07 Å². The van der Waals surface area contributed by atoms with Crippen LogP contribution < -0.4 is 5.73 Å². The van der Waals surface area contributed by atoms with Crippen molar-refractivity contribution < 1.29 is 13.9 Å². The molecule has 2 N–H and O–H groups in total. The molecule has 0 radical (unpaired) electrons. The van der Waals surface area contributed by atoms with Crippen LogP contribution >= 0.6 is 0 Å².